The van der Waals surface area contributed by atoms with E-state index in [9.17, 15) is 0 Å². The van der Waals surface area contributed by atoms with E-state index < -0.39 is 0 Å². The van der Waals surface area contributed by atoms with Crippen molar-refractivity contribution in [2.24, 2.45) is 0 Å². The number of hydrogen-bond acceptors (Lipinski definition) is 4. The van der Waals surface area contributed by atoms with Crippen LogP contribution in [0.2, 0.25) is 0 Å². The van der Waals surface area contributed by atoms with Gasteiger partial charge in [0.15, 0.2) is 0 Å². The van der Waals surface area contributed by atoms with E-state index in [0.29, 0.717) is 12.0 Å². The van der Waals surface area contributed by atoms with Gasteiger partial charge >= 0.3 is 0 Å². The van der Waals surface area contributed by atoms with Gasteiger partial charge in [0.25, 0.3) is 0 Å². The lowest BCUT2D eigenvalue weighted by Crippen LogP contribution is -2.40. The highest BCUT2D eigenvalue weighted by Gasteiger charge is 2.22. The van der Waals surface area contributed by atoms with E-state index in [4.69, 9.17) is 4.74 Å². The number of anilines is 1. The van der Waals surface area contributed by atoms with Gasteiger partial charge in [0.2, 0.25) is 0 Å². The predicted molar refractivity (Wildman–Crippen MR) is 73.1 cm³/mol. The molecule has 0 saturated carbocycles. The maximum absolute atomic E-state index is 5.18. The summed E-state index contributed by atoms with van der Waals surface area (Å²) < 4.78 is 5.18. The SMILES string of the molecule is CC(C)c1cc(NC2COC2)nc(C(C)(C)C)n1. The van der Waals surface area contributed by atoms with Crippen LogP contribution < -0.4 is 5.32 Å². The third-order valence-electron chi connectivity index (χ3n) is 3.00. The van der Waals surface area contributed by atoms with Crippen LogP contribution in [-0.4, -0.2) is 29.2 Å². The highest BCUT2D eigenvalue weighted by Crippen LogP contribution is 2.24. The number of hydrogen-bond donors (Lipinski definition) is 1. The largest absolute Gasteiger partial charge is 0.377 e. The van der Waals surface area contributed by atoms with Gasteiger partial charge in [0.05, 0.1) is 19.3 Å². The fourth-order valence-corrected chi connectivity index (χ4v) is 1.70. The molecule has 100 valence electrons. The molecule has 1 aliphatic rings. The molecular formula is C14H23N3O. The molecule has 1 aromatic rings. The van der Waals surface area contributed by atoms with Crippen LogP contribution in [-0.2, 0) is 10.2 Å². The quantitative estimate of drug-likeness (QED) is 0.894. The zero-order valence-electron chi connectivity index (χ0n) is 11.9. The fraction of sp³-hybridized carbons (Fsp3) is 0.714. The van der Waals surface area contributed by atoms with E-state index in [0.717, 1.165) is 30.5 Å². The lowest BCUT2D eigenvalue weighted by Gasteiger charge is -2.28. The van der Waals surface area contributed by atoms with Gasteiger partial charge in [0.1, 0.15) is 11.6 Å². The lowest BCUT2D eigenvalue weighted by molar-refractivity contribution is 0.0209. The van der Waals surface area contributed by atoms with Crippen LogP contribution in [0.3, 0.4) is 0 Å². The first-order chi connectivity index (χ1) is 8.36. The fourth-order valence-electron chi connectivity index (χ4n) is 1.70. The molecule has 4 nitrogen and oxygen atoms in total. The molecule has 1 fully saturated rings. The average molecular weight is 249 g/mol. The summed E-state index contributed by atoms with van der Waals surface area (Å²) in [7, 11) is 0. The van der Waals surface area contributed by atoms with Gasteiger partial charge in [-0.25, -0.2) is 9.97 Å². The summed E-state index contributed by atoms with van der Waals surface area (Å²) in [5, 5.41) is 3.41. The van der Waals surface area contributed by atoms with Crippen molar-refractivity contribution in [2.45, 2.75) is 52.0 Å². The molecule has 2 heterocycles. The Morgan fingerprint density at radius 1 is 1.28 bits per heavy atom. The number of rotatable bonds is 3. The molecule has 0 unspecified atom stereocenters. The Bertz CT molecular complexity index is 420. The van der Waals surface area contributed by atoms with Crippen molar-refractivity contribution in [2.75, 3.05) is 18.5 Å². The van der Waals surface area contributed by atoms with Gasteiger partial charge in [0, 0.05) is 17.2 Å². The van der Waals surface area contributed by atoms with Crippen molar-refractivity contribution in [1.29, 1.82) is 0 Å². The predicted octanol–water partition coefficient (Wildman–Crippen LogP) is 2.71. The molecule has 0 bridgehead atoms. The Kier molecular flexibility index (Phi) is 3.57. The third-order valence-corrected chi connectivity index (χ3v) is 3.00. The van der Waals surface area contributed by atoms with E-state index in [1.165, 1.54) is 0 Å². The molecule has 0 radical (unpaired) electrons. The Balaban J connectivity index is 2.29. The van der Waals surface area contributed by atoms with E-state index in [2.05, 4.69) is 56.0 Å². The smallest absolute Gasteiger partial charge is 0.136 e. The second-order valence-corrected chi connectivity index (χ2v) is 6.29. The van der Waals surface area contributed by atoms with Crippen molar-refractivity contribution in [3.05, 3.63) is 17.6 Å². The highest BCUT2D eigenvalue weighted by molar-refractivity contribution is 5.39. The van der Waals surface area contributed by atoms with Crippen LogP contribution in [0.4, 0.5) is 5.82 Å². The van der Waals surface area contributed by atoms with Crippen LogP contribution in [0.5, 0.6) is 0 Å². The van der Waals surface area contributed by atoms with E-state index in [-0.39, 0.29) is 5.41 Å². The molecule has 0 aromatic carbocycles. The average Bonchev–Trinajstić information content (AvgIpc) is 2.22. The normalized spacial score (nSPS) is 16.8. The van der Waals surface area contributed by atoms with Crippen molar-refractivity contribution in [1.82, 2.24) is 9.97 Å². The Hall–Kier alpha value is -1.16. The first kappa shape index (κ1) is 13.3. The van der Waals surface area contributed by atoms with Crippen molar-refractivity contribution >= 4 is 5.82 Å². The molecule has 4 heteroatoms. The molecule has 1 aliphatic heterocycles. The minimum Gasteiger partial charge on any atom is -0.377 e. The van der Waals surface area contributed by atoms with Crippen LogP contribution in [0.1, 0.15) is 52.1 Å². The molecule has 0 atom stereocenters. The highest BCUT2D eigenvalue weighted by atomic mass is 16.5. The number of aromatic nitrogens is 2. The Morgan fingerprint density at radius 3 is 2.39 bits per heavy atom. The summed E-state index contributed by atoms with van der Waals surface area (Å²) in [5.74, 6) is 2.23. The van der Waals surface area contributed by atoms with Gasteiger partial charge in [-0.2, -0.15) is 0 Å². The maximum atomic E-state index is 5.18. The molecule has 0 amide bonds. The van der Waals surface area contributed by atoms with E-state index in [1.54, 1.807) is 0 Å². The van der Waals surface area contributed by atoms with Crippen LogP contribution in [0, 0.1) is 0 Å². The lowest BCUT2D eigenvalue weighted by atomic mass is 9.95. The van der Waals surface area contributed by atoms with Gasteiger partial charge in [-0.05, 0) is 5.92 Å². The Morgan fingerprint density at radius 2 is 1.94 bits per heavy atom. The molecule has 1 saturated heterocycles. The topological polar surface area (TPSA) is 47.0 Å². The molecule has 1 aromatic heterocycles. The van der Waals surface area contributed by atoms with E-state index >= 15 is 0 Å². The summed E-state index contributed by atoms with van der Waals surface area (Å²) in [5.41, 5.74) is 1.06. The summed E-state index contributed by atoms with van der Waals surface area (Å²) in [6.45, 7) is 12.3. The summed E-state index contributed by atoms with van der Waals surface area (Å²) >= 11 is 0. The zero-order valence-corrected chi connectivity index (χ0v) is 11.9. The first-order valence-corrected chi connectivity index (χ1v) is 6.60. The van der Waals surface area contributed by atoms with Gasteiger partial charge < -0.3 is 10.1 Å². The maximum Gasteiger partial charge on any atom is 0.136 e. The van der Waals surface area contributed by atoms with Gasteiger partial charge in [-0.15, -0.1) is 0 Å². The minimum atomic E-state index is -0.0303. The van der Waals surface area contributed by atoms with Crippen molar-refractivity contribution in [3.8, 4) is 0 Å². The van der Waals surface area contributed by atoms with Crippen LogP contribution in [0.25, 0.3) is 0 Å². The molecule has 1 N–H and O–H groups in total. The summed E-state index contributed by atoms with van der Waals surface area (Å²) in [6.07, 6.45) is 0. The second-order valence-electron chi connectivity index (χ2n) is 6.29. The minimum absolute atomic E-state index is 0.0303. The molecule has 0 aliphatic carbocycles. The molecule has 2 rings (SSSR count). The standard InChI is InChI=1S/C14H23N3O/c1-9(2)11-6-12(15-10-7-18-8-10)17-13(16-11)14(3,4)5/h6,9-10H,7-8H2,1-5H3,(H,15,16,17). The zero-order chi connectivity index (χ0) is 13.3. The van der Waals surface area contributed by atoms with Crippen molar-refractivity contribution in [3.63, 3.8) is 0 Å². The molecule has 0 spiro atoms. The number of ether oxygens (including phenoxy) is 1. The molecule has 18 heavy (non-hydrogen) atoms. The third kappa shape index (κ3) is 2.99. The number of nitrogens with zero attached hydrogens (tertiary/aromatic N) is 2. The van der Waals surface area contributed by atoms with Crippen LogP contribution >= 0.6 is 0 Å². The van der Waals surface area contributed by atoms with Crippen LogP contribution in [0.15, 0.2) is 6.07 Å². The first-order valence-electron chi connectivity index (χ1n) is 6.60. The Labute approximate surface area is 109 Å². The van der Waals surface area contributed by atoms with Gasteiger partial charge in [-0.3, -0.25) is 0 Å². The van der Waals surface area contributed by atoms with E-state index in [1.807, 2.05) is 0 Å². The monoisotopic (exact) mass is 249 g/mol. The number of nitrogens with one attached hydrogen (secondary N) is 1. The summed E-state index contributed by atoms with van der Waals surface area (Å²) in [6, 6.07) is 2.45. The van der Waals surface area contributed by atoms with Gasteiger partial charge in [-0.1, -0.05) is 34.6 Å². The molecular weight excluding hydrogens is 226 g/mol. The van der Waals surface area contributed by atoms with Crippen molar-refractivity contribution < 1.29 is 4.74 Å². The summed E-state index contributed by atoms with van der Waals surface area (Å²) in [4.78, 5) is 9.30. The second kappa shape index (κ2) is 4.84.